The monoisotopic (exact) mass is 315 g/mol. The number of benzene rings is 1. The lowest BCUT2D eigenvalue weighted by Gasteiger charge is -2.19. The molecule has 0 saturated carbocycles. The highest BCUT2D eigenvalue weighted by atomic mass is 16.5. The second kappa shape index (κ2) is 6.96. The van der Waals surface area contributed by atoms with Crippen LogP contribution in [0.2, 0.25) is 0 Å². The molecule has 0 radical (unpaired) electrons. The van der Waals surface area contributed by atoms with E-state index in [0.29, 0.717) is 18.8 Å². The van der Waals surface area contributed by atoms with Crippen molar-refractivity contribution in [1.29, 1.82) is 0 Å². The average Bonchev–Trinajstić information content (AvgIpc) is 2.89. The summed E-state index contributed by atoms with van der Waals surface area (Å²) >= 11 is 0. The van der Waals surface area contributed by atoms with Crippen LogP contribution in [0.15, 0.2) is 30.3 Å². The zero-order valence-electron chi connectivity index (χ0n) is 14.5. The van der Waals surface area contributed by atoms with Crippen molar-refractivity contribution in [2.24, 2.45) is 7.05 Å². The topological polar surface area (TPSA) is 56.1 Å². The Labute approximate surface area is 137 Å². The second-order valence-electron chi connectivity index (χ2n) is 6.61. The molecule has 124 valence electrons. The Balaban J connectivity index is 2.19. The third kappa shape index (κ3) is 4.20. The van der Waals surface area contributed by atoms with E-state index in [1.807, 2.05) is 13.1 Å². The number of aryl methyl sites for hydroxylation is 1. The number of aromatic nitrogens is 2. The molecule has 0 fully saturated rings. The van der Waals surface area contributed by atoms with Crippen LogP contribution in [-0.2, 0) is 17.2 Å². The molecular formula is C18H25N3O2. The van der Waals surface area contributed by atoms with Gasteiger partial charge in [-0.25, -0.2) is 0 Å². The molecule has 0 unspecified atom stereocenters. The number of carbonyl (C=O) groups excluding carboxylic acids is 1. The molecule has 1 aromatic heterocycles. The SMILES string of the molecule is COCCNC(=O)c1cc(-c2ccc(C(C)(C)C)cc2)n(C)n1. The van der Waals surface area contributed by atoms with E-state index in [1.54, 1.807) is 11.8 Å². The van der Waals surface area contributed by atoms with Crippen molar-refractivity contribution in [3.8, 4) is 11.3 Å². The van der Waals surface area contributed by atoms with Crippen LogP contribution in [0.25, 0.3) is 11.3 Å². The Morgan fingerprint density at radius 2 is 1.91 bits per heavy atom. The minimum atomic E-state index is -0.185. The summed E-state index contributed by atoms with van der Waals surface area (Å²) in [6.07, 6.45) is 0. The van der Waals surface area contributed by atoms with E-state index in [2.05, 4.69) is 55.5 Å². The van der Waals surface area contributed by atoms with Gasteiger partial charge in [-0.2, -0.15) is 5.10 Å². The van der Waals surface area contributed by atoms with Crippen LogP contribution in [0.4, 0.5) is 0 Å². The van der Waals surface area contributed by atoms with Crippen molar-refractivity contribution in [2.75, 3.05) is 20.3 Å². The van der Waals surface area contributed by atoms with Gasteiger partial charge in [-0.15, -0.1) is 0 Å². The Bertz CT molecular complexity index is 667. The third-order valence-electron chi connectivity index (χ3n) is 3.75. The van der Waals surface area contributed by atoms with Crippen LogP contribution in [0, 0.1) is 0 Å². The first-order valence-corrected chi connectivity index (χ1v) is 7.75. The van der Waals surface area contributed by atoms with Gasteiger partial charge in [0, 0.05) is 20.7 Å². The minimum absolute atomic E-state index is 0.122. The summed E-state index contributed by atoms with van der Waals surface area (Å²) in [5, 5.41) is 7.08. The van der Waals surface area contributed by atoms with Gasteiger partial charge in [0.25, 0.3) is 5.91 Å². The van der Waals surface area contributed by atoms with Gasteiger partial charge in [-0.1, -0.05) is 45.0 Å². The predicted octanol–water partition coefficient (Wildman–Crippen LogP) is 2.76. The highest BCUT2D eigenvalue weighted by Crippen LogP contribution is 2.26. The first kappa shape index (κ1) is 17.2. The maximum atomic E-state index is 12.1. The van der Waals surface area contributed by atoms with Gasteiger partial charge in [-0.3, -0.25) is 9.48 Å². The van der Waals surface area contributed by atoms with Gasteiger partial charge in [0.2, 0.25) is 0 Å². The molecule has 5 heteroatoms. The van der Waals surface area contributed by atoms with E-state index in [-0.39, 0.29) is 11.3 Å². The summed E-state index contributed by atoms with van der Waals surface area (Å²) in [5.41, 5.74) is 3.78. The smallest absolute Gasteiger partial charge is 0.271 e. The number of nitrogens with one attached hydrogen (secondary N) is 1. The van der Waals surface area contributed by atoms with Gasteiger partial charge in [0.05, 0.1) is 12.3 Å². The lowest BCUT2D eigenvalue weighted by Crippen LogP contribution is -2.27. The fourth-order valence-electron chi connectivity index (χ4n) is 2.35. The molecule has 1 N–H and O–H groups in total. The first-order chi connectivity index (χ1) is 10.8. The van der Waals surface area contributed by atoms with Crippen molar-refractivity contribution < 1.29 is 9.53 Å². The van der Waals surface area contributed by atoms with E-state index in [4.69, 9.17) is 4.74 Å². The largest absolute Gasteiger partial charge is 0.383 e. The maximum Gasteiger partial charge on any atom is 0.271 e. The summed E-state index contributed by atoms with van der Waals surface area (Å²) in [6.45, 7) is 7.53. The number of nitrogens with zero attached hydrogens (tertiary/aromatic N) is 2. The fourth-order valence-corrected chi connectivity index (χ4v) is 2.35. The fraction of sp³-hybridized carbons (Fsp3) is 0.444. The summed E-state index contributed by atoms with van der Waals surface area (Å²) < 4.78 is 6.66. The lowest BCUT2D eigenvalue weighted by molar-refractivity contribution is 0.0931. The van der Waals surface area contributed by atoms with E-state index in [1.165, 1.54) is 5.56 Å². The van der Waals surface area contributed by atoms with Crippen molar-refractivity contribution in [3.63, 3.8) is 0 Å². The van der Waals surface area contributed by atoms with E-state index >= 15 is 0 Å². The minimum Gasteiger partial charge on any atom is -0.383 e. The van der Waals surface area contributed by atoms with Crippen LogP contribution in [0.1, 0.15) is 36.8 Å². The molecule has 0 aliphatic carbocycles. The predicted molar refractivity (Wildman–Crippen MR) is 91.6 cm³/mol. The van der Waals surface area contributed by atoms with Gasteiger partial charge < -0.3 is 10.1 Å². The van der Waals surface area contributed by atoms with Crippen LogP contribution in [-0.4, -0.2) is 35.9 Å². The molecule has 0 aliphatic heterocycles. The van der Waals surface area contributed by atoms with E-state index in [9.17, 15) is 4.79 Å². The van der Waals surface area contributed by atoms with Crippen molar-refractivity contribution in [3.05, 3.63) is 41.6 Å². The van der Waals surface area contributed by atoms with Crippen molar-refractivity contribution in [2.45, 2.75) is 26.2 Å². The van der Waals surface area contributed by atoms with Crippen LogP contribution in [0.5, 0.6) is 0 Å². The highest BCUT2D eigenvalue weighted by Gasteiger charge is 2.16. The molecule has 0 spiro atoms. The van der Waals surface area contributed by atoms with E-state index < -0.39 is 0 Å². The molecular weight excluding hydrogens is 290 g/mol. The number of hydrogen-bond donors (Lipinski definition) is 1. The summed E-state index contributed by atoms with van der Waals surface area (Å²) in [6, 6.07) is 10.2. The van der Waals surface area contributed by atoms with Gasteiger partial charge in [0.1, 0.15) is 0 Å². The number of carbonyl (C=O) groups is 1. The zero-order chi connectivity index (χ0) is 17.0. The highest BCUT2D eigenvalue weighted by molar-refractivity contribution is 5.93. The molecule has 0 atom stereocenters. The maximum absolute atomic E-state index is 12.1. The molecule has 5 nitrogen and oxygen atoms in total. The Morgan fingerprint density at radius 3 is 2.48 bits per heavy atom. The molecule has 0 saturated heterocycles. The Kier molecular flexibility index (Phi) is 5.21. The summed E-state index contributed by atoms with van der Waals surface area (Å²) in [4.78, 5) is 12.1. The first-order valence-electron chi connectivity index (χ1n) is 7.75. The standard InChI is InChI=1S/C18H25N3O2/c1-18(2,3)14-8-6-13(7-9-14)16-12-15(20-21(16)4)17(22)19-10-11-23-5/h6-9,12H,10-11H2,1-5H3,(H,19,22). The van der Waals surface area contributed by atoms with Gasteiger partial charge >= 0.3 is 0 Å². The molecule has 1 heterocycles. The second-order valence-corrected chi connectivity index (χ2v) is 6.61. The molecule has 1 aromatic carbocycles. The van der Waals surface area contributed by atoms with Crippen LogP contribution >= 0.6 is 0 Å². The Morgan fingerprint density at radius 1 is 1.26 bits per heavy atom. The van der Waals surface area contributed by atoms with Crippen LogP contribution in [0.3, 0.4) is 0 Å². The Hall–Kier alpha value is -2.14. The molecule has 0 bridgehead atoms. The number of hydrogen-bond acceptors (Lipinski definition) is 3. The molecule has 0 aliphatic rings. The normalized spacial score (nSPS) is 11.5. The average molecular weight is 315 g/mol. The number of rotatable bonds is 5. The van der Waals surface area contributed by atoms with E-state index in [0.717, 1.165) is 11.3 Å². The van der Waals surface area contributed by atoms with Gasteiger partial charge in [-0.05, 0) is 22.6 Å². The number of ether oxygens (including phenoxy) is 1. The zero-order valence-corrected chi connectivity index (χ0v) is 14.5. The van der Waals surface area contributed by atoms with Crippen LogP contribution < -0.4 is 5.32 Å². The van der Waals surface area contributed by atoms with Crippen molar-refractivity contribution >= 4 is 5.91 Å². The number of amides is 1. The molecule has 23 heavy (non-hydrogen) atoms. The van der Waals surface area contributed by atoms with Gasteiger partial charge in [0.15, 0.2) is 5.69 Å². The quantitative estimate of drug-likeness (QED) is 0.863. The summed E-state index contributed by atoms with van der Waals surface area (Å²) in [7, 11) is 3.45. The molecule has 2 rings (SSSR count). The number of methoxy groups -OCH3 is 1. The lowest BCUT2D eigenvalue weighted by atomic mass is 9.86. The van der Waals surface area contributed by atoms with Crippen molar-refractivity contribution in [1.82, 2.24) is 15.1 Å². The molecule has 1 amide bonds. The third-order valence-corrected chi connectivity index (χ3v) is 3.75. The summed E-state index contributed by atoms with van der Waals surface area (Å²) in [5.74, 6) is -0.185. The molecule has 2 aromatic rings.